The van der Waals surface area contributed by atoms with Gasteiger partial charge in [0.15, 0.2) is 0 Å². The Bertz CT molecular complexity index is 734. The van der Waals surface area contributed by atoms with Crippen molar-refractivity contribution >= 4 is 17.3 Å². The zero-order valence-electron chi connectivity index (χ0n) is 11.7. The molecule has 0 radical (unpaired) electrons. The van der Waals surface area contributed by atoms with Gasteiger partial charge in [-0.2, -0.15) is 5.10 Å². The molecule has 0 aliphatic rings. The predicted octanol–water partition coefficient (Wildman–Crippen LogP) is 2.83. The third kappa shape index (κ3) is 2.62. The molecule has 3 aromatic rings. The van der Waals surface area contributed by atoms with Crippen LogP contribution in [0.15, 0.2) is 43.2 Å². The first-order valence-electron chi connectivity index (χ1n) is 6.54. The molecule has 3 rings (SSSR count). The van der Waals surface area contributed by atoms with Gasteiger partial charge in [0.05, 0.1) is 16.8 Å². The van der Waals surface area contributed by atoms with E-state index in [0.29, 0.717) is 5.02 Å². The van der Waals surface area contributed by atoms with Crippen molar-refractivity contribution in [2.24, 2.45) is 7.05 Å². The molecule has 2 aromatic heterocycles. The topological polar surface area (TPSA) is 60.6 Å². The van der Waals surface area contributed by atoms with Crippen LogP contribution in [0.3, 0.4) is 0 Å². The number of halogens is 1. The zero-order valence-corrected chi connectivity index (χ0v) is 12.5. The Hall–Kier alpha value is -2.34. The fraction of sp³-hybridized carbons (Fsp3) is 0.214. The number of aromatic nitrogens is 5. The summed E-state index contributed by atoms with van der Waals surface area (Å²) in [6.45, 7) is 2.05. The van der Waals surface area contributed by atoms with Gasteiger partial charge in [0.25, 0.3) is 0 Å². The molecule has 2 heterocycles. The number of imidazole rings is 1. The molecule has 0 saturated heterocycles. The summed E-state index contributed by atoms with van der Waals surface area (Å²) in [4.78, 5) is 8.33. The minimum absolute atomic E-state index is 0.0331. The molecule has 1 N–H and O–H groups in total. The second kappa shape index (κ2) is 5.57. The maximum atomic E-state index is 6.31. The van der Waals surface area contributed by atoms with Gasteiger partial charge in [0.2, 0.25) is 0 Å². The summed E-state index contributed by atoms with van der Waals surface area (Å²) in [5.74, 6) is 0.944. The second-order valence-corrected chi connectivity index (χ2v) is 5.15. The average molecular weight is 303 g/mol. The van der Waals surface area contributed by atoms with Gasteiger partial charge >= 0.3 is 0 Å². The summed E-state index contributed by atoms with van der Waals surface area (Å²) < 4.78 is 3.63. The summed E-state index contributed by atoms with van der Waals surface area (Å²) in [6, 6.07) is 5.72. The van der Waals surface area contributed by atoms with Crippen molar-refractivity contribution < 1.29 is 0 Å². The van der Waals surface area contributed by atoms with Crippen molar-refractivity contribution in [3.05, 3.63) is 54.1 Å². The van der Waals surface area contributed by atoms with Crippen LogP contribution in [0.4, 0.5) is 5.69 Å². The Morgan fingerprint density at radius 1 is 1.33 bits per heavy atom. The lowest BCUT2D eigenvalue weighted by Crippen LogP contribution is -2.13. The van der Waals surface area contributed by atoms with Crippen LogP contribution in [0.25, 0.3) is 5.69 Å². The number of nitrogens with zero attached hydrogens (tertiary/aromatic N) is 5. The normalized spacial score (nSPS) is 12.3. The molecule has 0 fully saturated rings. The first-order valence-corrected chi connectivity index (χ1v) is 6.92. The Morgan fingerprint density at radius 3 is 2.86 bits per heavy atom. The molecule has 0 aliphatic carbocycles. The highest BCUT2D eigenvalue weighted by Crippen LogP contribution is 2.30. The quantitative estimate of drug-likeness (QED) is 0.805. The van der Waals surface area contributed by atoms with Crippen molar-refractivity contribution in [2.45, 2.75) is 13.0 Å². The molecule has 21 heavy (non-hydrogen) atoms. The number of rotatable bonds is 4. The molecule has 0 aliphatic heterocycles. The summed E-state index contributed by atoms with van der Waals surface area (Å²) in [5, 5.41) is 8.19. The van der Waals surface area contributed by atoms with E-state index in [0.717, 1.165) is 17.2 Å². The molecular formula is C14H15ClN6. The zero-order chi connectivity index (χ0) is 14.8. The van der Waals surface area contributed by atoms with Crippen molar-refractivity contribution in [1.29, 1.82) is 0 Å². The molecule has 0 spiro atoms. The molecule has 1 unspecified atom stereocenters. The van der Waals surface area contributed by atoms with E-state index in [1.165, 1.54) is 6.33 Å². The van der Waals surface area contributed by atoms with E-state index < -0.39 is 0 Å². The number of benzene rings is 1. The molecule has 1 atom stereocenters. The van der Waals surface area contributed by atoms with Gasteiger partial charge in [0.1, 0.15) is 24.2 Å². The third-order valence-corrected chi connectivity index (χ3v) is 3.56. The van der Waals surface area contributed by atoms with Crippen molar-refractivity contribution in [3.63, 3.8) is 0 Å². The number of nitrogens with one attached hydrogen (secondary N) is 1. The predicted molar refractivity (Wildman–Crippen MR) is 81.6 cm³/mol. The van der Waals surface area contributed by atoms with E-state index in [-0.39, 0.29) is 6.04 Å². The molecule has 6 nitrogen and oxygen atoms in total. The Labute approximate surface area is 127 Å². The summed E-state index contributed by atoms with van der Waals surface area (Å²) >= 11 is 6.31. The molecule has 7 heteroatoms. The van der Waals surface area contributed by atoms with E-state index >= 15 is 0 Å². The molecule has 0 bridgehead atoms. The van der Waals surface area contributed by atoms with Crippen LogP contribution in [0.1, 0.15) is 18.8 Å². The van der Waals surface area contributed by atoms with Crippen LogP contribution >= 0.6 is 11.6 Å². The van der Waals surface area contributed by atoms with Gasteiger partial charge in [-0.1, -0.05) is 17.7 Å². The number of para-hydroxylation sites is 1. The van der Waals surface area contributed by atoms with E-state index in [1.54, 1.807) is 17.2 Å². The highest BCUT2D eigenvalue weighted by atomic mass is 35.5. The molecule has 108 valence electrons. The summed E-state index contributed by atoms with van der Waals surface area (Å²) in [6.07, 6.45) is 6.81. The van der Waals surface area contributed by atoms with Gasteiger partial charge in [-0.25, -0.2) is 14.6 Å². The number of aryl methyl sites for hydroxylation is 1. The number of anilines is 1. The maximum Gasteiger partial charge on any atom is 0.138 e. The summed E-state index contributed by atoms with van der Waals surface area (Å²) in [5.41, 5.74) is 1.65. The minimum Gasteiger partial charge on any atom is -0.374 e. The molecular weight excluding hydrogens is 288 g/mol. The molecule has 0 amide bonds. The van der Waals surface area contributed by atoms with Gasteiger partial charge in [-0.3, -0.25) is 0 Å². The Kier molecular flexibility index (Phi) is 3.62. The fourth-order valence-corrected chi connectivity index (χ4v) is 2.54. The monoisotopic (exact) mass is 302 g/mol. The van der Waals surface area contributed by atoms with Gasteiger partial charge in [0, 0.05) is 19.4 Å². The fourth-order valence-electron chi connectivity index (χ4n) is 2.28. The Morgan fingerprint density at radius 2 is 2.19 bits per heavy atom. The highest BCUT2D eigenvalue weighted by molar-refractivity contribution is 6.33. The average Bonchev–Trinajstić information content (AvgIpc) is 3.10. The summed E-state index contributed by atoms with van der Waals surface area (Å²) in [7, 11) is 1.97. The number of hydrogen-bond donors (Lipinski definition) is 1. The van der Waals surface area contributed by atoms with Crippen LogP contribution in [-0.2, 0) is 7.05 Å². The van der Waals surface area contributed by atoms with E-state index in [2.05, 4.69) is 20.4 Å². The lowest BCUT2D eigenvalue weighted by Gasteiger charge is -2.18. The largest absolute Gasteiger partial charge is 0.374 e. The highest BCUT2D eigenvalue weighted by Gasteiger charge is 2.15. The van der Waals surface area contributed by atoms with E-state index in [4.69, 9.17) is 11.6 Å². The smallest absolute Gasteiger partial charge is 0.138 e. The van der Waals surface area contributed by atoms with Crippen LogP contribution in [-0.4, -0.2) is 24.3 Å². The molecule has 0 saturated carbocycles. The lowest BCUT2D eigenvalue weighted by atomic mass is 10.2. The first-order chi connectivity index (χ1) is 10.2. The van der Waals surface area contributed by atoms with Crippen LogP contribution < -0.4 is 5.32 Å². The van der Waals surface area contributed by atoms with Crippen LogP contribution in [0.5, 0.6) is 0 Å². The van der Waals surface area contributed by atoms with Gasteiger partial charge < -0.3 is 9.88 Å². The van der Waals surface area contributed by atoms with Crippen molar-refractivity contribution in [3.8, 4) is 5.69 Å². The second-order valence-electron chi connectivity index (χ2n) is 4.74. The van der Waals surface area contributed by atoms with E-state index in [1.807, 2.05) is 42.9 Å². The van der Waals surface area contributed by atoms with Crippen molar-refractivity contribution in [1.82, 2.24) is 24.3 Å². The molecule has 1 aromatic carbocycles. The van der Waals surface area contributed by atoms with Gasteiger partial charge in [-0.05, 0) is 19.1 Å². The minimum atomic E-state index is 0.0331. The first kappa shape index (κ1) is 13.6. The third-order valence-electron chi connectivity index (χ3n) is 3.25. The van der Waals surface area contributed by atoms with Crippen LogP contribution in [0, 0.1) is 0 Å². The Balaban J connectivity index is 1.96. The van der Waals surface area contributed by atoms with Crippen LogP contribution in [0.2, 0.25) is 5.02 Å². The number of hydrogen-bond acceptors (Lipinski definition) is 4. The lowest BCUT2D eigenvalue weighted by molar-refractivity contribution is 0.720. The van der Waals surface area contributed by atoms with Gasteiger partial charge in [-0.15, -0.1) is 0 Å². The standard InChI is InChI=1S/C14H15ClN6/c1-10(14-17-6-7-20(14)2)19-12-5-3-4-11(15)13(12)21-9-16-8-18-21/h3-10,19H,1-2H3. The SMILES string of the molecule is CC(Nc1cccc(Cl)c1-n1cncn1)c1nccn1C. The maximum absolute atomic E-state index is 6.31. The van der Waals surface area contributed by atoms with E-state index in [9.17, 15) is 0 Å². The van der Waals surface area contributed by atoms with Crippen molar-refractivity contribution in [2.75, 3.05) is 5.32 Å².